The lowest BCUT2D eigenvalue weighted by Crippen LogP contribution is -2.38. The fourth-order valence-electron chi connectivity index (χ4n) is 2.89. The lowest BCUT2D eigenvalue weighted by atomic mass is 10.2. The zero-order valence-corrected chi connectivity index (χ0v) is 17.6. The number of aromatic nitrogens is 1. The van der Waals surface area contributed by atoms with Gasteiger partial charge >= 0.3 is 6.09 Å². The predicted octanol–water partition coefficient (Wildman–Crippen LogP) is 4.40. The van der Waals surface area contributed by atoms with E-state index in [2.05, 4.69) is 4.98 Å². The summed E-state index contributed by atoms with van der Waals surface area (Å²) in [4.78, 5) is 33.0. The van der Waals surface area contributed by atoms with Crippen molar-refractivity contribution in [1.82, 2.24) is 14.8 Å². The Labute approximate surface area is 174 Å². The molecule has 1 aromatic carbocycles. The second-order valence-electron chi connectivity index (χ2n) is 7.15. The maximum Gasteiger partial charge on any atom is 0.409 e. The molecule has 0 bridgehead atoms. The van der Waals surface area contributed by atoms with Crippen LogP contribution in [0.3, 0.4) is 0 Å². The van der Waals surface area contributed by atoms with E-state index in [9.17, 15) is 9.59 Å². The molecular weight excluding hydrogens is 398 g/mol. The van der Waals surface area contributed by atoms with Crippen LogP contribution in [-0.4, -0.2) is 59.6 Å². The highest BCUT2D eigenvalue weighted by Crippen LogP contribution is 2.25. The van der Waals surface area contributed by atoms with Gasteiger partial charge in [-0.1, -0.05) is 37.6 Å². The van der Waals surface area contributed by atoms with Crippen LogP contribution in [0.2, 0.25) is 5.02 Å². The number of halogens is 1. The maximum atomic E-state index is 12.9. The van der Waals surface area contributed by atoms with Crippen LogP contribution in [-0.2, 0) is 4.74 Å². The first-order chi connectivity index (χ1) is 13.4. The van der Waals surface area contributed by atoms with Gasteiger partial charge in [-0.2, -0.15) is 0 Å². The van der Waals surface area contributed by atoms with E-state index in [1.54, 1.807) is 15.2 Å². The number of hydrogen-bond donors (Lipinski definition) is 0. The number of hydrogen-bond acceptors (Lipinski definition) is 5. The van der Waals surface area contributed by atoms with Gasteiger partial charge in [0.2, 0.25) is 0 Å². The molecular formula is C20H24ClN3O3S. The number of amides is 2. The van der Waals surface area contributed by atoms with Crippen LogP contribution >= 0.6 is 22.9 Å². The molecule has 1 aromatic heterocycles. The average molecular weight is 422 g/mol. The minimum Gasteiger partial charge on any atom is -0.449 e. The zero-order valence-electron chi connectivity index (χ0n) is 16.1. The van der Waals surface area contributed by atoms with Crippen LogP contribution in [0.5, 0.6) is 0 Å². The minimum absolute atomic E-state index is 0.103. The van der Waals surface area contributed by atoms with Gasteiger partial charge in [0.15, 0.2) is 0 Å². The van der Waals surface area contributed by atoms with Gasteiger partial charge in [-0.25, -0.2) is 9.78 Å². The Balaban J connectivity index is 1.60. The molecule has 0 aliphatic carbocycles. The number of carbonyl (C=O) groups is 2. The molecule has 1 fully saturated rings. The van der Waals surface area contributed by atoms with E-state index in [1.807, 2.05) is 38.1 Å². The number of ether oxygens (including phenoxy) is 1. The van der Waals surface area contributed by atoms with Crippen molar-refractivity contribution in [2.24, 2.45) is 5.92 Å². The fraction of sp³-hybridized carbons (Fsp3) is 0.450. The van der Waals surface area contributed by atoms with Crippen molar-refractivity contribution >= 4 is 34.9 Å². The number of nitrogens with zero attached hydrogens (tertiary/aromatic N) is 3. The van der Waals surface area contributed by atoms with Crippen LogP contribution in [0.4, 0.5) is 4.79 Å². The normalized spacial score (nSPS) is 14.9. The summed E-state index contributed by atoms with van der Waals surface area (Å²) >= 11 is 7.36. The van der Waals surface area contributed by atoms with Gasteiger partial charge in [0.1, 0.15) is 10.7 Å². The van der Waals surface area contributed by atoms with E-state index in [0.717, 1.165) is 17.0 Å². The topological polar surface area (TPSA) is 62.7 Å². The molecule has 1 saturated heterocycles. The van der Waals surface area contributed by atoms with Crippen LogP contribution in [0.15, 0.2) is 29.6 Å². The highest BCUT2D eigenvalue weighted by atomic mass is 35.5. The first-order valence-electron chi connectivity index (χ1n) is 9.36. The molecule has 1 aliphatic heterocycles. The van der Waals surface area contributed by atoms with Gasteiger partial charge in [-0.15, -0.1) is 11.3 Å². The van der Waals surface area contributed by atoms with Crippen molar-refractivity contribution in [2.45, 2.75) is 20.3 Å². The molecule has 0 spiro atoms. The highest BCUT2D eigenvalue weighted by Gasteiger charge is 2.25. The van der Waals surface area contributed by atoms with Crippen molar-refractivity contribution in [3.63, 3.8) is 0 Å². The average Bonchev–Trinajstić information content (AvgIpc) is 3.04. The van der Waals surface area contributed by atoms with E-state index in [0.29, 0.717) is 49.4 Å². The lowest BCUT2D eigenvalue weighted by Gasteiger charge is -2.21. The third-order valence-corrected chi connectivity index (χ3v) is 5.54. The van der Waals surface area contributed by atoms with Crippen molar-refractivity contribution < 1.29 is 14.3 Å². The molecule has 0 saturated carbocycles. The summed E-state index contributed by atoms with van der Waals surface area (Å²) in [5.74, 6) is 0.197. The molecule has 2 aromatic rings. The van der Waals surface area contributed by atoms with Gasteiger partial charge in [-0.05, 0) is 24.5 Å². The Hall–Kier alpha value is -2.12. The Kier molecular flexibility index (Phi) is 6.91. The van der Waals surface area contributed by atoms with E-state index >= 15 is 0 Å². The molecule has 0 radical (unpaired) electrons. The summed E-state index contributed by atoms with van der Waals surface area (Å²) in [6.07, 6.45) is 0.415. The van der Waals surface area contributed by atoms with Gasteiger partial charge in [0, 0.05) is 42.1 Å². The van der Waals surface area contributed by atoms with E-state index in [1.165, 1.54) is 11.3 Å². The number of benzene rings is 1. The molecule has 3 rings (SSSR count). The lowest BCUT2D eigenvalue weighted by molar-refractivity contribution is 0.0742. The van der Waals surface area contributed by atoms with Crippen LogP contribution in [0, 0.1) is 5.92 Å². The van der Waals surface area contributed by atoms with Gasteiger partial charge < -0.3 is 14.5 Å². The number of thiazole rings is 1. The Morgan fingerprint density at radius 3 is 2.54 bits per heavy atom. The Morgan fingerprint density at radius 2 is 1.82 bits per heavy atom. The van der Waals surface area contributed by atoms with Crippen LogP contribution in [0.25, 0.3) is 10.6 Å². The molecule has 0 unspecified atom stereocenters. The molecule has 0 atom stereocenters. The molecule has 0 N–H and O–H groups in total. The smallest absolute Gasteiger partial charge is 0.409 e. The van der Waals surface area contributed by atoms with Crippen LogP contribution < -0.4 is 0 Å². The van der Waals surface area contributed by atoms with E-state index in [4.69, 9.17) is 16.3 Å². The quantitative estimate of drug-likeness (QED) is 0.733. The summed E-state index contributed by atoms with van der Waals surface area (Å²) < 4.78 is 5.30. The monoisotopic (exact) mass is 421 g/mol. The predicted molar refractivity (Wildman–Crippen MR) is 111 cm³/mol. The van der Waals surface area contributed by atoms with Crippen LogP contribution in [0.1, 0.15) is 30.8 Å². The minimum atomic E-state index is -0.304. The summed E-state index contributed by atoms with van der Waals surface area (Å²) in [6, 6.07) is 7.40. The number of carbonyl (C=O) groups excluding carboxylic acids is 2. The standard InChI is InChI=1S/C20H24ClN3O3S/c1-14(2)12-27-20(26)24-9-3-8-23(10-11-24)19(25)17-13-28-18(22-17)15-4-6-16(21)7-5-15/h4-7,13-14H,3,8-12H2,1-2H3. The van der Waals surface area contributed by atoms with Crippen molar-refractivity contribution in [3.8, 4) is 10.6 Å². The Morgan fingerprint density at radius 1 is 1.14 bits per heavy atom. The van der Waals surface area contributed by atoms with Gasteiger partial charge in [0.05, 0.1) is 6.61 Å². The van der Waals surface area contributed by atoms with E-state index < -0.39 is 0 Å². The molecule has 6 nitrogen and oxygen atoms in total. The molecule has 1 aliphatic rings. The maximum absolute atomic E-state index is 12.9. The van der Waals surface area contributed by atoms with Crippen molar-refractivity contribution in [1.29, 1.82) is 0 Å². The summed E-state index contributed by atoms with van der Waals surface area (Å²) in [7, 11) is 0. The first-order valence-corrected chi connectivity index (χ1v) is 10.6. The highest BCUT2D eigenvalue weighted by molar-refractivity contribution is 7.13. The zero-order chi connectivity index (χ0) is 20.1. The summed E-state index contributed by atoms with van der Waals surface area (Å²) in [5, 5.41) is 3.23. The Bertz CT molecular complexity index is 822. The summed E-state index contributed by atoms with van der Waals surface area (Å²) in [6.45, 7) is 6.55. The molecule has 2 amide bonds. The molecule has 8 heteroatoms. The number of rotatable bonds is 4. The second kappa shape index (κ2) is 9.39. The van der Waals surface area contributed by atoms with Crippen molar-refractivity contribution in [2.75, 3.05) is 32.8 Å². The molecule has 28 heavy (non-hydrogen) atoms. The third kappa shape index (κ3) is 5.23. The van der Waals surface area contributed by atoms with E-state index in [-0.39, 0.29) is 12.0 Å². The second-order valence-corrected chi connectivity index (χ2v) is 8.44. The summed E-state index contributed by atoms with van der Waals surface area (Å²) in [5.41, 5.74) is 1.37. The molecule has 150 valence electrons. The van der Waals surface area contributed by atoms with Gasteiger partial charge in [0.25, 0.3) is 5.91 Å². The fourth-order valence-corrected chi connectivity index (χ4v) is 3.82. The largest absolute Gasteiger partial charge is 0.449 e. The van der Waals surface area contributed by atoms with Gasteiger partial charge in [-0.3, -0.25) is 4.79 Å². The van der Waals surface area contributed by atoms with Crippen molar-refractivity contribution in [3.05, 3.63) is 40.4 Å². The first kappa shape index (κ1) is 20.6. The molecule has 2 heterocycles. The SMILES string of the molecule is CC(C)COC(=O)N1CCCN(C(=O)c2csc(-c3ccc(Cl)cc3)n2)CC1. The third-order valence-electron chi connectivity index (χ3n) is 4.40.